The number of hydrogen-bond acceptors (Lipinski definition) is 6. The van der Waals surface area contributed by atoms with Crippen molar-refractivity contribution in [1.82, 2.24) is 4.90 Å². The molecule has 2 aromatic rings. The van der Waals surface area contributed by atoms with E-state index in [-0.39, 0.29) is 59.8 Å². The molecular weight excluding hydrogens is 493 g/mol. The van der Waals surface area contributed by atoms with Crippen LogP contribution >= 0.6 is 0 Å². The molecule has 0 spiro atoms. The number of benzene rings is 2. The van der Waals surface area contributed by atoms with Gasteiger partial charge in [-0.05, 0) is 42.5 Å². The predicted molar refractivity (Wildman–Crippen MR) is 125 cm³/mol. The van der Waals surface area contributed by atoms with Gasteiger partial charge in [-0.1, -0.05) is 24.3 Å². The van der Waals surface area contributed by atoms with Crippen LogP contribution < -0.4 is 10.6 Å². The fourth-order valence-electron chi connectivity index (χ4n) is 5.49. The summed E-state index contributed by atoms with van der Waals surface area (Å²) in [5.41, 5.74) is -2.17. The number of anilines is 2. The molecule has 37 heavy (non-hydrogen) atoms. The van der Waals surface area contributed by atoms with E-state index in [9.17, 15) is 37.7 Å². The van der Waals surface area contributed by atoms with Crippen LogP contribution in [0.5, 0.6) is 0 Å². The number of rotatable bonds is 7. The van der Waals surface area contributed by atoms with Crippen molar-refractivity contribution >= 4 is 34.8 Å². The van der Waals surface area contributed by atoms with Gasteiger partial charge in [-0.3, -0.25) is 29.4 Å². The van der Waals surface area contributed by atoms with Gasteiger partial charge in [0.25, 0.3) is 11.6 Å². The molecule has 5 rings (SSSR count). The van der Waals surface area contributed by atoms with Crippen molar-refractivity contribution in [3.63, 3.8) is 0 Å². The fourth-order valence-corrected chi connectivity index (χ4v) is 5.49. The van der Waals surface area contributed by atoms with Crippen molar-refractivity contribution in [3.05, 3.63) is 75.9 Å². The molecule has 12 heteroatoms. The second-order valence-electron chi connectivity index (χ2n) is 9.24. The van der Waals surface area contributed by atoms with Crippen LogP contribution in [0, 0.1) is 33.8 Å². The van der Waals surface area contributed by atoms with E-state index < -0.39 is 33.9 Å². The van der Waals surface area contributed by atoms with Crippen molar-refractivity contribution < 1.29 is 32.5 Å². The van der Waals surface area contributed by atoms with E-state index in [1.807, 2.05) is 12.2 Å². The Hall–Kier alpha value is -4.22. The largest absolute Gasteiger partial charge is 0.418 e. The Bertz CT molecular complexity index is 1310. The highest BCUT2D eigenvalue weighted by Gasteiger charge is 2.58. The van der Waals surface area contributed by atoms with E-state index in [4.69, 9.17) is 0 Å². The van der Waals surface area contributed by atoms with Crippen molar-refractivity contribution in [2.45, 2.75) is 12.6 Å². The first-order valence-electron chi connectivity index (χ1n) is 11.6. The number of nitro groups is 1. The molecular formula is C25H21F3N4O5. The number of carbonyl (C=O) groups excluding carboxylic acids is 3. The molecule has 2 aromatic carbocycles. The molecule has 9 nitrogen and oxygen atoms in total. The highest BCUT2D eigenvalue weighted by atomic mass is 19.4. The number of nitrogens with one attached hydrogen (secondary N) is 2. The molecule has 2 fully saturated rings. The standard InChI is InChI=1S/C25H21F3N4O5/c26-25(27,28)16-3-1-2-4-17(16)30-22(33)15-7-8-18(19(12-15)32(36)37)29-9-10-31-23(34)20-13-5-6-14(11-13)21(20)24(31)35/h1-8,12-14,20-21,29H,9-11H2,(H,30,33)/t13-,14+,20-,21+. The number of nitro benzene ring substituents is 1. The lowest BCUT2D eigenvalue weighted by Gasteiger charge is -2.18. The van der Waals surface area contributed by atoms with E-state index in [2.05, 4.69) is 10.6 Å². The minimum absolute atomic E-state index is 0.0255. The molecule has 4 atom stereocenters. The summed E-state index contributed by atoms with van der Waals surface area (Å²) in [6.45, 7) is 0.0722. The van der Waals surface area contributed by atoms with Gasteiger partial charge >= 0.3 is 6.18 Å². The Labute approximate surface area is 208 Å². The topological polar surface area (TPSA) is 122 Å². The lowest BCUT2D eigenvalue weighted by molar-refractivity contribution is -0.384. The molecule has 1 aliphatic heterocycles. The lowest BCUT2D eigenvalue weighted by Crippen LogP contribution is -2.36. The normalized spacial score (nSPS) is 23.9. The van der Waals surface area contributed by atoms with Gasteiger partial charge in [0.05, 0.1) is 28.0 Å². The first kappa shape index (κ1) is 24.5. The maximum Gasteiger partial charge on any atom is 0.418 e. The monoisotopic (exact) mass is 514 g/mol. The van der Waals surface area contributed by atoms with Crippen LogP contribution in [-0.2, 0) is 15.8 Å². The summed E-state index contributed by atoms with van der Waals surface area (Å²) in [5.74, 6) is -1.92. The zero-order valence-electron chi connectivity index (χ0n) is 19.2. The highest BCUT2D eigenvalue weighted by molar-refractivity contribution is 6.07. The van der Waals surface area contributed by atoms with Crippen LogP contribution in [0.4, 0.5) is 30.2 Å². The SMILES string of the molecule is O=C(Nc1ccccc1C(F)(F)F)c1ccc(NCCN2C(=O)[C@@H]3[C@H](C2=O)[C@@H]2C=C[C@H]3C2)c([N+](=O)[O-])c1. The first-order chi connectivity index (χ1) is 17.6. The number of carbonyl (C=O) groups is 3. The van der Waals surface area contributed by atoms with Crippen LogP contribution in [0.25, 0.3) is 0 Å². The maximum atomic E-state index is 13.2. The number of nitrogens with zero attached hydrogens (tertiary/aromatic N) is 2. The Morgan fingerprint density at radius 1 is 1.03 bits per heavy atom. The molecule has 0 radical (unpaired) electrons. The molecule has 3 aliphatic rings. The molecule has 0 aromatic heterocycles. The molecule has 1 heterocycles. The zero-order chi connectivity index (χ0) is 26.5. The van der Waals surface area contributed by atoms with Crippen LogP contribution in [-0.4, -0.2) is 40.6 Å². The van der Waals surface area contributed by atoms with Gasteiger partial charge in [0.2, 0.25) is 11.8 Å². The lowest BCUT2D eigenvalue weighted by atomic mass is 9.85. The van der Waals surface area contributed by atoms with Crippen LogP contribution in [0.1, 0.15) is 22.3 Å². The highest BCUT2D eigenvalue weighted by Crippen LogP contribution is 2.52. The molecule has 2 aliphatic carbocycles. The van der Waals surface area contributed by atoms with Crippen LogP contribution in [0.2, 0.25) is 0 Å². The number of amides is 3. The Morgan fingerprint density at radius 3 is 2.30 bits per heavy atom. The Balaban J connectivity index is 1.26. The third kappa shape index (κ3) is 4.32. The average molecular weight is 514 g/mol. The first-order valence-corrected chi connectivity index (χ1v) is 11.6. The van der Waals surface area contributed by atoms with Gasteiger partial charge in [0.15, 0.2) is 0 Å². The van der Waals surface area contributed by atoms with Crippen LogP contribution in [0.3, 0.4) is 0 Å². The molecule has 192 valence electrons. The van der Waals surface area contributed by atoms with Gasteiger partial charge in [-0.2, -0.15) is 13.2 Å². The number of fused-ring (bicyclic) bond motifs is 5. The second-order valence-corrected chi connectivity index (χ2v) is 9.24. The summed E-state index contributed by atoms with van der Waals surface area (Å²) in [6.07, 6.45) is 0.0897. The summed E-state index contributed by atoms with van der Waals surface area (Å²) in [4.78, 5) is 50.2. The fraction of sp³-hybridized carbons (Fsp3) is 0.320. The number of hydrogen-bond donors (Lipinski definition) is 2. The summed E-state index contributed by atoms with van der Waals surface area (Å²) in [5, 5.41) is 16.6. The Kier molecular flexibility index (Phi) is 5.97. The number of alkyl halides is 3. The minimum Gasteiger partial charge on any atom is -0.378 e. The van der Waals surface area contributed by atoms with E-state index in [0.717, 1.165) is 24.6 Å². The minimum atomic E-state index is -4.70. The van der Waals surface area contributed by atoms with Gasteiger partial charge < -0.3 is 10.6 Å². The molecule has 0 unspecified atom stereocenters. The van der Waals surface area contributed by atoms with Gasteiger partial charge in [-0.25, -0.2) is 0 Å². The second kappa shape index (κ2) is 9.02. The molecule has 1 saturated carbocycles. The molecule has 2 N–H and O–H groups in total. The number of likely N-dealkylation sites (tertiary alicyclic amines) is 1. The van der Waals surface area contributed by atoms with E-state index in [1.165, 1.54) is 29.2 Å². The van der Waals surface area contributed by atoms with Crippen molar-refractivity contribution in [1.29, 1.82) is 0 Å². The Morgan fingerprint density at radius 2 is 1.68 bits per heavy atom. The number of allylic oxidation sites excluding steroid dienone is 2. The number of para-hydroxylation sites is 1. The summed E-state index contributed by atoms with van der Waals surface area (Å²) in [6, 6.07) is 7.85. The van der Waals surface area contributed by atoms with Gasteiger partial charge in [-0.15, -0.1) is 0 Å². The van der Waals surface area contributed by atoms with Crippen molar-refractivity contribution in [3.8, 4) is 0 Å². The van der Waals surface area contributed by atoms with Crippen molar-refractivity contribution in [2.24, 2.45) is 23.7 Å². The third-order valence-corrected chi connectivity index (χ3v) is 7.15. The summed E-state index contributed by atoms with van der Waals surface area (Å²) < 4.78 is 39.6. The van der Waals surface area contributed by atoms with Crippen LogP contribution in [0.15, 0.2) is 54.6 Å². The summed E-state index contributed by atoms with van der Waals surface area (Å²) >= 11 is 0. The summed E-state index contributed by atoms with van der Waals surface area (Å²) in [7, 11) is 0. The number of halogens is 3. The smallest absolute Gasteiger partial charge is 0.378 e. The molecule has 2 bridgehead atoms. The quantitative estimate of drug-likeness (QED) is 0.249. The average Bonchev–Trinajstić information content (AvgIpc) is 3.53. The van der Waals surface area contributed by atoms with Gasteiger partial charge in [0, 0.05) is 24.7 Å². The third-order valence-electron chi connectivity index (χ3n) is 7.15. The predicted octanol–water partition coefficient (Wildman–Crippen LogP) is 4.08. The zero-order valence-corrected chi connectivity index (χ0v) is 19.2. The van der Waals surface area contributed by atoms with E-state index >= 15 is 0 Å². The van der Waals surface area contributed by atoms with Crippen molar-refractivity contribution in [2.75, 3.05) is 23.7 Å². The van der Waals surface area contributed by atoms with Gasteiger partial charge in [0.1, 0.15) is 5.69 Å². The molecule has 3 amide bonds. The van der Waals surface area contributed by atoms with E-state index in [0.29, 0.717) is 0 Å². The number of imide groups is 1. The maximum absolute atomic E-state index is 13.2. The van der Waals surface area contributed by atoms with E-state index in [1.54, 1.807) is 0 Å². The molecule has 1 saturated heterocycles.